The van der Waals surface area contributed by atoms with Crippen molar-refractivity contribution >= 4 is 16.7 Å². The van der Waals surface area contributed by atoms with Crippen molar-refractivity contribution in [3.63, 3.8) is 0 Å². The molecule has 1 saturated heterocycles. The quantitative estimate of drug-likeness (QED) is 0.745. The fourth-order valence-corrected chi connectivity index (χ4v) is 3.13. The predicted molar refractivity (Wildman–Crippen MR) is 99.5 cm³/mol. The second kappa shape index (κ2) is 8.41. The Labute approximate surface area is 157 Å². The monoisotopic (exact) mass is 376 g/mol. The van der Waals surface area contributed by atoms with Gasteiger partial charge in [-0.25, -0.2) is 0 Å². The standard InChI is InChI=1S/C19H24N2O6/c1-20(10-13-12-26-8-9-27-13)17(22)11-21-7-6-14-15(19(21)23)4-5-16(24-2)18(14)25-3/h4-7,13H,8-12H2,1-3H3. The highest BCUT2D eigenvalue weighted by atomic mass is 16.6. The van der Waals surface area contributed by atoms with Crippen LogP contribution < -0.4 is 15.0 Å². The van der Waals surface area contributed by atoms with Crippen LogP contribution >= 0.6 is 0 Å². The van der Waals surface area contributed by atoms with Gasteiger partial charge in [-0.3, -0.25) is 9.59 Å². The van der Waals surface area contributed by atoms with Gasteiger partial charge in [0, 0.05) is 25.2 Å². The van der Waals surface area contributed by atoms with Crippen LogP contribution in [0.5, 0.6) is 11.5 Å². The van der Waals surface area contributed by atoms with Crippen LogP contribution in [0.1, 0.15) is 0 Å². The van der Waals surface area contributed by atoms with E-state index < -0.39 is 0 Å². The third-order valence-electron chi connectivity index (χ3n) is 4.59. The molecule has 0 N–H and O–H groups in total. The third-order valence-corrected chi connectivity index (χ3v) is 4.59. The highest BCUT2D eigenvalue weighted by Crippen LogP contribution is 2.33. The number of hydrogen-bond donors (Lipinski definition) is 0. The zero-order valence-corrected chi connectivity index (χ0v) is 15.8. The molecule has 1 aliphatic heterocycles. The van der Waals surface area contributed by atoms with Gasteiger partial charge in [0.05, 0.1) is 45.5 Å². The number of amides is 1. The Bertz CT molecular complexity index is 872. The lowest BCUT2D eigenvalue weighted by molar-refractivity contribution is -0.136. The van der Waals surface area contributed by atoms with Gasteiger partial charge in [0.1, 0.15) is 6.54 Å². The van der Waals surface area contributed by atoms with Gasteiger partial charge in [-0.05, 0) is 18.2 Å². The van der Waals surface area contributed by atoms with E-state index in [-0.39, 0.29) is 24.1 Å². The van der Waals surface area contributed by atoms with Gasteiger partial charge in [-0.2, -0.15) is 0 Å². The summed E-state index contributed by atoms with van der Waals surface area (Å²) in [4.78, 5) is 26.9. The van der Waals surface area contributed by atoms with Gasteiger partial charge < -0.3 is 28.4 Å². The van der Waals surface area contributed by atoms with E-state index in [9.17, 15) is 9.59 Å². The van der Waals surface area contributed by atoms with E-state index in [2.05, 4.69) is 0 Å². The summed E-state index contributed by atoms with van der Waals surface area (Å²) in [6.07, 6.45) is 1.45. The molecule has 0 spiro atoms. The number of rotatable bonds is 6. The molecule has 1 amide bonds. The average molecular weight is 376 g/mol. The number of fused-ring (bicyclic) bond motifs is 1. The molecule has 0 aliphatic carbocycles. The minimum Gasteiger partial charge on any atom is -0.493 e. The Morgan fingerprint density at radius 2 is 2.04 bits per heavy atom. The maximum atomic E-state index is 12.8. The molecule has 2 heterocycles. The highest BCUT2D eigenvalue weighted by molar-refractivity contribution is 5.90. The van der Waals surface area contributed by atoms with Crippen LogP contribution in [0.15, 0.2) is 29.2 Å². The Balaban J connectivity index is 1.79. The highest BCUT2D eigenvalue weighted by Gasteiger charge is 2.20. The Kier molecular flexibility index (Phi) is 5.98. The van der Waals surface area contributed by atoms with Crippen LogP contribution in [0.4, 0.5) is 0 Å². The van der Waals surface area contributed by atoms with Crippen molar-refractivity contribution in [1.29, 1.82) is 0 Å². The maximum Gasteiger partial charge on any atom is 0.259 e. The average Bonchev–Trinajstić information content (AvgIpc) is 2.69. The molecule has 2 aromatic rings. The van der Waals surface area contributed by atoms with Crippen molar-refractivity contribution in [1.82, 2.24) is 9.47 Å². The van der Waals surface area contributed by atoms with Gasteiger partial charge in [-0.1, -0.05) is 0 Å². The Morgan fingerprint density at radius 3 is 2.70 bits per heavy atom. The zero-order valence-electron chi connectivity index (χ0n) is 15.8. The van der Waals surface area contributed by atoms with Crippen LogP contribution in [0.25, 0.3) is 10.8 Å². The van der Waals surface area contributed by atoms with Crippen molar-refractivity contribution in [2.24, 2.45) is 0 Å². The number of pyridine rings is 1. The van der Waals surface area contributed by atoms with Gasteiger partial charge >= 0.3 is 0 Å². The molecule has 1 unspecified atom stereocenters. The SMILES string of the molecule is COc1ccc2c(=O)n(CC(=O)N(C)CC3COCCO3)ccc2c1OC. The molecular formula is C19H24N2O6. The summed E-state index contributed by atoms with van der Waals surface area (Å²) < 4.78 is 22.9. The van der Waals surface area contributed by atoms with E-state index in [4.69, 9.17) is 18.9 Å². The summed E-state index contributed by atoms with van der Waals surface area (Å²) >= 11 is 0. The first kappa shape index (κ1) is 19.2. The van der Waals surface area contributed by atoms with Crippen LogP contribution in [0.2, 0.25) is 0 Å². The van der Waals surface area contributed by atoms with Crippen molar-refractivity contribution in [3.05, 3.63) is 34.7 Å². The maximum absolute atomic E-state index is 12.8. The molecule has 3 rings (SSSR count). The lowest BCUT2D eigenvalue weighted by Crippen LogP contribution is -2.42. The number of carbonyl (C=O) groups excluding carboxylic acids is 1. The molecule has 1 aliphatic rings. The molecule has 1 aromatic heterocycles. The number of methoxy groups -OCH3 is 2. The third kappa shape index (κ3) is 4.06. The smallest absolute Gasteiger partial charge is 0.259 e. The van der Waals surface area contributed by atoms with Gasteiger partial charge in [0.25, 0.3) is 5.56 Å². The predicted octanol–water partition coefficient (Wildman–Crippen LogP) is 0.893. The number of likely N-dealkylation sites (N-methyl/N-ethyl adjacent to an activating group) is 1. The number of carbonyl (C=O) groups is 1. The number of benzene rings is 1. The molecule has 8 nitrogen and oxygen atoms in total. The van der Waals surface area contributed by atoms with Crippen molar-refractivity contribution in [2.75, 3.05) is 47.6 Å². The number of aromatic nitrogens is 1. The topological polar surface area (TPSA) is 79.2 Å². The summed E-state index contributed by atoms with van der Waals surface area (Å²) in [5.41, 5.74) is -0.257. The van der Waals surface area contributed by atoms with Crippen molar-refractivity contribution < 1.29 is 23.7 Å². The van der Waals surface area contributed by atoms with Crippen LogP contribution in [0, 0.1) is 0 Å². The second-order valence-electron chi connectivity index (χ2n) is 6.35. The summed E-state index contributed by atoms with van der Waals surface area (Å²) in [6, 6.07) is 5.11. The first-order valence-corrected chi connectivity index (χ1v) is 8.72. The number of nitrogens with zero attached hydrogens (tertiary/aromatic N) is 2. The van der Waals surface area contributed by atoms with Crippen molar-refractivity contribution in [3.8, 4) is 11.5 Å². The van der Waals surface area contributed by atoms with Crippen LogP contribution in [-0.2, 0) is 20.8 Å². The molecule has 0 saturated carbocycles. The van der Waals surface area contributed by atoms with E-state index in [1.807, 2.05) is 0 Å². The van der Waals surface area contributed by atoms with E-state index in [0.29, 0.717) is 48.6 Å². The molecule has 8 heteroatoms. The van der Waals surface area contributed by atoms with Gasteiger partial charge in [0.15, 0.2) is 11.5 Å². The molecule has 1 fully saturated rings. The summed E-state index contributed by atoms with van der Waals surface area (Å²) in [7, 11) is 4.76. The summed E-state index contributed by atoms with van der Waals surface area (Å²) in [5, 5.41) is 1.11. The van der Waals surface area contributed by atoms with Crippen molar-refractivity contribution in [2.45, 2.75) is 12.6 Å². The summed E-state index contributed by atoms with van der Waals surface area (Å²) in [5.74, 6) is 0.871. The Hall–Kier alpha value is -2.58. The number of hydrogen-bond acceptors (Lipinski definition) is 6. The van der Waals surface area contributed by atoms with Crippen LogP contribution in [-0.4, -0.2) is 69.1 Å². The fourth-order valence-electron chi connectivity index (χ4n) is 3.13. The van der Waals surface area contributed by atoms with E-state index in [1.54, 1.807) is 43.5 Å². The lowest BCUT2D eigenvalue weighted by Gasteiger charge is -2.27. The zero-order chi connectivity index (χ0) is 19.4. The second-order valence-corrected chi connectivity index (χ2v) is 6.35. The molecule has 0 radical (unpaired) electrons. The first-order valence-electron chi connectivity index (χ1n) is 8.72. The normalized spacial score (nSPS) is 16.9. The number of ether oxygens (including phenoxy) is 4. The van der Waals surface area contributed by atoms with E-state index in [1.165, 1.54) is 11.7 Å². The minimum absolute atomic E-state index is 0.0484. The molecule has 1 atom stereocenters. The van der Waals surface area contributed by atoms with Gasteiger partial charge in [-0.15, -0.1) is 0 Å². The fraction of sp³-hybridized carbons (Fsp3) is 0.474. The molecule has 1 aromatic carbocycles. The Morgan fingerprint density at radius 1 is 1.22 bits per heavy atom. The van der Waals surface area contributed by atoms with E-state index in [0.717, 1.165) is 0 Å². The molecule has 0 bridgehead atoms. The first-order chi connectivity index (χ1) is 13.0. The molecule has 146 valence electrons. The molecule has 27 heavy (non-hydrogen) atoms. The minimum atomic E-state index is -0.257. The lowest BCUT2D eigenvalue weighted by atomic mass is 10.1. The van der Waals surface area contributed by atoms with Crippen LogP contribution in [0.3, 0.4) is 0 Å². The summed E-state index contributed by atoms with van der Waals surface area (Å²) in [6.45, 7) is 1.95. The van der Waals surface area contributed by atoms with E-state index >= 15 is 0 Å². The largest absolute Gasteiger partial charge is 0.493 e. The van der Waals surface area contributed by atoms with Gasteiger partial charge in [0.2, 0.25) is 5.91 Å². The molecular weight excluding hydrogens is 352 g/mol.